The van der Waals surface area contributed by atoms with E-state index in [0.717, 1.165) is 24.1 Å². The molecule has 2 atom stereocenters. The Morgan fingerprint density at radius 1 is 0.875 bits per heavy atom. The summed E-state index contributed by atoms with van der Waals surface area (Å²) in [7, 11) is 0. The molecule has 0 amide bonds. The zero-order chi connectivity index (χ0) is 28.2. The molecular weight excluding hydrogens is 736 g/mol. The summed E-state index contributed by atoms with van der Waals surface area (Å²) < 4.78 is 37.0. The van der Waals surface area contributed by atoms with E-state index in [9.17, 15) is 13.6 Å². The Morgan fingerprint density at radius 3 is 2.05 bits per heavy atom. The van der Waals surface area contributed by atoms with Gasteiger partial charge in [-0.3, -0.25) is 0 Å². The van der Waals surface area contributed by atoms with Crippen molar-refractivity contribution < 1.29 is 18.3 Å². The maximum Gasteiger partial charge on any atom is 0.338 e. The van der Waals surface area contributed by atoms with Gasteiger partial charge in [-0.2, -0.15) is 0 Å². The number of hydrogen-bond donors (Lipinski definition) is 1. The second-order valence-corrected chi connectivity index (χ2v) is 11.9. The molecule has 0 fully saturated rings. The van der Waals surface area contributed by atoms with E-state index in [-0.39, 0.29) is 18.5 Å². The van der Waals surface area contributed by atoms with Gasteiger partial charge >= 0.3 is 5.97 Å². The van der Waals surface area contributed by atoms with Gasteiger partial charge in [0.2, 0.25) is 0 Å². The largest absolute Gasteiger partial charge is 0.463 e. The van der Waals surface area contributed by atoms with Crippen LogP contribution in [-0.2, 0) is 9.53 Å². The van der Waals surface area contributed by atoms with Gasteiger partial charge in [0.05, 0.1) is 24.3 Å². The van der Waals surface area contributed by atoms with Crippen LogP contribution in [0.25, 0.3) is 0 Å². The minimum absolute atomic E-state index is 0.186. The highest BCUT2D eigenvalue weighted by Crippen LogP contribution is 2.48. The second-order valence-electron chi connectivity index (χ2n) is 9.36. The lowest BCUT2D eigenvalue weighted by atomic mass is 9.84. The van der Waals surface area contributed by atoms with Crippen LogP contribution < -0.4 is 10.2 Å². The number of hydrogen-bond acceptors (Lipinski definition) is 4. The predicted molar refractivity (Wildman–Crippen MR) is 171 cm³/mol. The van der Waals surface area contributed by atoms with E-state index in [4.69, 9.17) is 4.74 Å². The van der Waals surface area contributed by atoms with Crippen LogP contribution in [0.3, 0.4) is 0 Å². The molecule has 0 saturated heterocycles. The first-order valence-electron chi connectivity index (χ1n) is 12.8. The van der Waals surface area contributed by atoms with E-state index in [1.54, 1.807) is 19.1 Å². The number of esters is 1. The summed E-state index contributed by atoms with van der Waals surface area (Å²) in [6.45, 7) is 1.95. The molecule has 5 rings (SSSR count). The first kappa shape index (κ1) is 28.5. The van der Waals surface area contributed by atoms with Crippen LogP contribution in [0.1, 0.15) is 36.6 Å². The molecule has 1 N–H and O–H groups in total. The Labute approximate surface area is 259 Å². The Balaban J connectivity index is 1.79. The van der Waals surface area contributed by atoms with E-state index in [2.05, 4.69) is 55.4 Å². The van der Waals surface area contributed by atoms with Gasteiger partial charge in [-0.05, 0) is 136 Å². The molecule has 0 aromatic heterocycles. The van der Waals surface area contributed by atoms with Crippen molar-refractivity contribution in [3.05, 3.63) is 138 Å². The van der Waals surface area contributed by atoms with Gasteiger partial charge in [0.1, 0.15) is 11.6 Å². The zero-order valence-electron chi connectivity index (χ0n) is 21.6. The van der Waals surface area contributed by atoms with Crippen molar-refractivity contribution in [2.75, 3.05) is 16.8 Å². The minimum Gasteiger partial charge on any atom is -0.463 e. The maximum atomic E-state index is 14.7. The number of rotatable bonds is 7. The summed E-state index contributed by atoms with van der Waals surface area (Å²) in [5, 5.41) is 3.47. The lowest BCUT2D eigenvalue weighted by Gasteiger charge is -2.46. The second kappa shape index (κ2) is 12.7. The molecule has 0 saturated carbocycles. The molecule has 1 aliphatic rings. The fourth-order valence-corrected chi connectivity index (χ4v) is 5.81. The van der Waals surface area contributed by atoms with Crippen LogP contribution in [0.2, 0.25) is 0 Å². The Hall–Kier alpha value is -2.99. The molecule has 1 heterocycles. The number of halogens is 4. The van der Waals surface area contributed by atoms with Gasteiger partial charge in [-0.15, -0.1) is 0 Å². The highest BCUT2D eigenvalue weighted by Gasteiger charge is 2.42. The van der Waals surface area contributed by atoms with E-state index in [1.807, 2.05) is 60.7 Å². The van der Waals surface area contributed by atoms with Crippen molar-refractivity contribution in [3.63, 3.8) is 0 Å². The third-order valence-electron chi connectivity index (χ3n) is 6.77. The fraction of sp³-hybridized carbons (Fsp3) is 0.156. The molecule has 40 heavy (non-hydrogen) atoms. The number of anilines is 2. The fourth-order valence-electron chi connectivity index (χ4n) is 5.09. The van der Waals surface area contributed by atoms with Crippen LogP contribution in [0.4, 0.5) is 20.2 Å². The molecule has 0 aliphatic carbocycles. The maximum absolute atomic E-state index is 14.7. The molecule has 0 bridgehead atoms. The minimum atomic E-state index is -0.719. The first-order chi connectivity index (χ1) is 19.3. The van der Waals surface area contributed by atoms with E-state index >= 15 is 0 Å². The Bertz CT molecular complexity index is 1540. The number of benzene rings is 4. The van der Waals surface area contributed by atoms with E-state index < -0.39 is 17.8 Å². The van der Waals surface area contributed by atoms with Crippen molar-refractivity contribution in [2.24, 2.45) is 0 Å². The highest BCUT2D eigenvalue weighted by atomic mass is 127. The molecule has 204 valence electrons. The van der Waals surface area contributed by atoms with Gasteiger partial charge in [0.25, 0.3) is 0 Å². The summed E-state index contributed by atoms with van der Waals surface area (Å²) in [4.78, 5) is 15.8. The number of nitrogens with zero attached hydrogens (tertiary/aromatic N) is 1. The van der Waals surface area contributed by atoms with Crippen LogP contribution >= 0.6 is 45.2 Å². The molecule has 4 aromatic carbocycles. The molecule has 8 heteroatoms. The Morgan fingerprint density at radius 2 is 1.45 bits per heavy atom. The van der Waals surface area contributed by atoms with Crippen molar-refractivity contribution in [3.8, 4) is 0 Å². The average Bonchev–Trinajstić information content (AvgIpc) is 2.94. The van der Waals surface area contributed by atoms with Gasteiger partial charge < -0.3 is 15.0 Å². The molecule has 4 nitrogen and oxygen atoms in total. The van der Waals surface area contributed by atoms with Crippen LogP contribution in [0.15, 0.2) is 108 Å². The molecule has 2 unspecified atom stereocenters. The normalized spacial score (nSPS) is 17.1. The molecule has 0 spiro atoms. The third-order valence-corrected chi connectivity index (χ3v) is 8.21. The first-order valence-corrected chi connectivity index (χ1v) is 15.0. The monoisotopic (exact) mass is 762 g/mol. The third kappa shape index (κ3) is 6.33. The molecule has 1 aliphatic heterocycles. The number of carbonyl (C=O) groups is 1. The van der Waals surface area contributed by atoms with Gasteiger partial charge in [0.15, 0.2) is 0 Å². The summed E-state index contributed by atoms with van der Waals surface area (Å²) >= 11 is 4.48. The van der Waals surface area contributed by atoms with Gasteiger partial charge in [-0.25, -0.2) is 13.6 Å². The molecule has 4 aromatic rings. The standard InChI is InChI=1S/C32H26F2I2N2O2/c1-2-40-32(39)30-28(37-26-13-9-24(35)10-14-26)19-29(20-5-3-7-22(33)17-20)38(27-15-11-25(36)12-16-27)31(30)21-6-4-8-23(34)18-21/h3-18,29,31,37H,2,19H2,1H3. The number of ether oxygens (including phenoxy) is 1. The van der Waals surface area contributed by atoms with Gasteiger partial charge in [-0.1, -0.05) is 24.3 Å². The molecular formula is C32H26F2I2N2O2. The van der Waals surface area contributed by atoms with Gasteiger partial charge in [0, 0.05) is 30.6 Å². The van der Waals surface area contributed by atoms with E-state index in [0.29, 0.717) is 23.3 Å². The van der Waals surface area contributed by atoms with Crippen LogP contribution in [-0.4, -0.2) is 12.6 Å². The summed E-state index contributed by atoms with van der Waals surface area (Å²) in [5.41, 5.74) is 3.98. The van der Waals surface area contributed by atoms with Crippen molar-refractivity contribution >= 4 is 62.5 Å². The Kier molecular flexibility index (Phi) is 9.04. The number of nitrogens with one attached hydrogen (secondary N) is 1. The summed E-state index contributed by atoms with van der Waals surface area (Å²) in [6, 6.07) is 27.4. The van der Waals surface area contributed by atoms with Crippen LogP contribution in [0, 0.1) is 18.8 Å². The summed E-state index contributed by atoms with van der Waals surface area (Å²) in [5.74, 6) is -1.25. The van der Waals surface area contributed by atoms with E-state index in [1.165, 1.54) is 24.3 Å². The zero-order valence-corrected chi connectivity index (χ0v) is 25.9. The predicted octanol–water partition coefficient (Wildman–Crippen LogP) is 8.80. The average molecular weight is 762 g/mol. The topological polar surface area (TPSA) is 41.6 Å². The SMILES string of the molecule is CCOC(=O)C1=C(Nc2ccc(I)cc2)CC(c2cccc(F)c2)N(c2ccc(I)cc2)C1c1cccc(F)c1. The molecule has 0 radical (unpaired) electrons. The van der Waals surface area contributed by atoms with Crippen molar-refractivity contribution in [1.82, 2.24) is 0 Å². The highest BCUT2D eigenvalue weighted by molar-refractivity contribution is 14.1. The van der Waals surface area contributed by atoms with Crippen molar-refractivity contribution in [1.29, 1.82) is 0 Å². The number of carbonyl (C=O) groups excluding carboxylic acids is 1. The quantitative estimate of drug-likeness (QED) is 0.151. The van der Waals surface area contributed by atoms with Crippen LogP contribution in [0.5, 0.6) is 0 Å². The lowest BCUT2D eigenvalue weighted by molar-refractivity contribution is -0.139. The summed E-state index contributed by atoms with van der Waals surface area (Å²) in [6.07, 6.45) is 0.362. The smallest absolute Gasteiger partial charge is 0.338 e. The van der Waals surface area contributed by atoms with Crippen molar-refractivity contribution in [2.45, 2.75) is 25.4 Å². The lowest BCUT2D eigenvalue weighted by Crippen LogP contribution is -2.42.